The normalized spacial score (nSPS) is 10.1. The molecule has 1 aromatic rings. The van der Waals surface area contributed by atoms with Crippen LogP contribution in [0.15, 0.2) is 12.1 Å². The molecular formula is C11H12ClFO2. The Morgan fingerprint density at radius 3 is 2.73 bits per heavy atom. The van der Waals surface area contributed by atoms with Crippen LogP contribution in [0, 0.1) is 12.7 Å². The van der Waals surface area contributed by atoms with Crippen molar-refractivity contribution in [2.24, 2.45) is 0 Å². The molecule has 0 aliphatic heterocycles. The molecule has 0 unspecified atom stereocenters. The predicted octanol–water partition coefficient (Wildman–Crippen LogP) is 2.59. The van der Waals surface area contributed by atoms with Gasteiger partial charge in [-0.05, 0) is 29.7 Å². The Kier molecular flexibility index (Phi) is 4.09. The molecule has 0 saturated carbocycles. The van der Waals surface area contributed by atoms with E-state index in [1.807, 2.05) is 0 Å². The first kappa shape index (κ1) is 12.0. The van der Waals surface area contributed by atoms with Gasteiger partial charge in [0.05, 0.1) is 13.5 Å². The number of hydrogen-bond acceptors (Lipinski definition) is 2. The Balaban J connectivity index is 3.05. The molecule has 0 amide bonds. The zero-order valence-corrected chi connectivity index (χ0v) is 9.40. The second-order valence-corrected chi connectivity index (χ2v) is 3.52. The van der Waals surface area contributed by atoms with Gasteiger partial charge in [-0.25, -0.2) is 4.39 Å². The van der Waals surface area contributed by atoms with E-state index < -0.39 is 0 Å². The lowest BCUT2D eigenvalue weighted by molar-refractivity contribution is -0.139. The summed E-state index contributed by atoms with van der Waals surface area (Å²) in [5.74, 6) is -0.498. The standard InChI is InChI=1S/C11H12ClFO2/c1-7-9(5-11(14)15-2)3-8(6-12)4-10(7)13/h3-4H,5-6H2,1-2H3. The SMILES string of the molecule is COC(=O)Cc1cc(CCl)cc(F)c1C. The molecule has 0 fully saturated rings. The molecule has 15 heavy (non-hydrogen) atoms. The van der Waals surface area contributed by atoms with Gasteiger partial charge in [0.1, 0.15) is 5.82 Å². The van der Waals surface area contributed by atoms with Crippen molar-refractivity contribution in [3.05, 3.63) is 34.6 Å². The summed E-state index contributed by atoms with van der Waals surface area (Å²) < 4.78 is 17.9. The zero-order valence-electron chi connectivity index (χ0n) is 8.64. The molecule has 0 aliphatic rings. The highest BCUT2D eigenvalue weighted by molar-refractivity contribution is 6.17. The van der Waals surface area contributed by atoms with Crippen molar-refractivity contribution in [3.8, 4) is 0 Å². The van der Waals surface area contributed by atoms with Crippen molar-refractivity contribution >= 4 is 17.6 Å². The molecule has 82 valence electrons. The Hall–Kier alpha value is -1.09. The Labute approximate surface area is 93.0 Å². The quantitative estimate of drug-likeness (QED) is 0.589. The first-order chi connectivity index (χ1) is 7.08. The van der Waals surface area contributed by atoms with Crippen LogP contribution in [0.25, 0.3) is 0 Å². The van der Waals surface area contributed by atoms with Crippen LogP contribution in [-0.2, 0) is 21.8 Å². The molecular weight excluding hydrogens is 219 g/mol. The number of methoxy groups -OCH3 is 1. The lowest BCUT2D eigenvalue weighted by Crippen LogP contribution is -2.07. The fourth-order valence-electron chi connectivity index (χ4n) is 1.29. The van der Waals surface area contributed by atoms with Gasteiger partial charge < -0.3 is 4.74 Å². The molecule has 0 aliphatic carbocycles. The maximum atomic E-state index is 13.4. The highest BCUT2D eigenvalue weighted by Gasteiger charge is 2.10. The minimum absolute atomic E-state index is 0.0734. The van der Waals surface area contributed by atoms with Crippen LogP contribution in [0.2, 0.25) is 0 Å². The van der Waals surface area contributed by atoms with E-state index in [0.717, 1.165) is 0 Å². The van der Waals surface area contributed by atoms with Crippen molar-refractivity contribution in [1.29, 1.82) is 0 Å². The monoisotopic (exact) mass is 230 g/mol. The molecule has 0 aromatic heterocycles. The Morgan fingerprint density at radius 1 is 1.53 bits per heavy atom. The Morgan fingerprint density at radius 2 is 2.20 bits per heavy atom. The topological polar surface area (TPSA) is 26.3 Å². The maximum absolute atomic E-state index is 13.4. The highest BCUT2D eigenvalue weighted by atomic mass is 35.5. The minimum Gasteiger partial charge on any atom is -0.469 e. The molecule has 0 spiro atoms. The van der Waals surface area contributed by atoms with Gasteiger partial charge in [0, 0.05) is 5.88 Å². The summed E-state index contributed by atoms with van der Waals surface area (Å²) in [5, 5.41) is 0. The van der Waals surface area contributed by atoms with Crippen LogP contribution in [-0.4, -0.2) is 13.1 Å². The maximum Gasteiger partial charge on any atom is 0.309 e. The van der Waals surface area contributed by atoms with Crippen molar-refractivity contribution in [2.45, 2.75) is 19.2 Å². The summed E-state index contributed by atoms with van der Waals surface area (Å²) in [7, 11) is 1.30. The largest absolute Gasteiger partial charge is 0.469 e. The molecule has 0 N–H and O–H groups in total. The second-order valence-electron chi connectivity index (χ2n) is 3.25. The summed E-state index contributed by atoms with van der Waals surface area (Å²) >= 11 is 5.61. The zero-order chi connectivity index (χ0) is 11.4. The van der Waals surface area contributed by atoms with Crippen LogP contribution in [0.1, 0.15) is 16.7 Å². The third-order valence-corrected chi connectivity index (χ3v) is 2.54. The van der Waals surface area contributed by atoms with E-state index in [2.05, 4.69) is 4.74 Å². The number of benzene rings is 1. The smallest absolute Gasteiger partial charge is 0.309 e. The van der Waals surface area contributed by atoms with Crippen LogP contribution < -0.4 is 0 Å². The number of carbonyl (C=O) groups excluding carboxylic acids is 1. The lowest BCUT2D eigenvalue weighted by atomic mass is 10.0. The van der Waals surface area contributed by atoms with Crippen LogP contribution in [0.4, 0.5) is 4.39 Å². The van der Waals surface area contributed by atoms with E-state index in [-0.39, 0.29) is 24.1 Å². The van der Waals surface area contributed by atoms with E-state index >= 15 is 0 Å². The van der Waals surface area contributed by atoms with Gasteiger partial charge in [-0.1, -0.05) is 6.07 Å². The summed E-state index contributed by atoms with van der Waals surface area (Å²) in [5.41, 5.74) is 1.76. The molecule has 0 radical (unpaired) electrons. The number of carbonyl (C=O) groups is 1. The predicted molar refractivity (Wildman–Crippen MR) is 56.4 cm³/mol. The summed E-state index contributed by atoms with van der Waals surface area (Å²) in [6.07, 6.45) is 0.0734. The highest BCUT2D eigenvalue weighted by Crippen LogP contribution is 2.18. The summed E-state index contributed by atoms with van der Waals surface area (Å²) in [4.78, 5) is 11.1. The van der Waals surface area contributed by atoms with Gasteiger partial charge in [0.2, 0.25) is 0 Å². The molecule has 1 aromatic carbocycles. The number of alkyl halides is 1. The average Bonchev–Trinajstić information content (AvgIpc) is 2.24. The van der Waals surface area contributed by atoms with Gasteiger partial charge >= 0.3 is 5.97 Å². The molecule has 2 nitrogen and oxygen atoms in total. The van der Waals surface area contributed by atoms with Gasteiger partial charge in [0.25, 0.3) is 0 Å². The number of esters is 1. The second kappa shape index (κ2) is 5.12. The average molecular weight is 231 g/mol. The van der Waals surface area contributed by atoms with Gasteiger partial charge in [-0.3, -0.25) is 4.79 Å². The van der Waals surface area contributed by atoms with E-state index in [1.165, 1.54) is 13.2 Å². The fraction of sp³-hybridized carbons (Fsp3) is 0.364. The Bertz CT molecular complexity index is 377. The summed E-state index contributed by atoms with van der Waals surface area (Å²) in [6, 6.07) is 3.10. The first-order valence-corrected chi connectivity index (χ1v) is 5.02. The van der Waals surface area contributed by atoms with Gasteiger partial charge in [0.15, 0.2) is 0 Å². The number of halogens is 2. The third kappa shape index (κ3) is 2.93. The lowest BCUT2D eigenvalue weighted by Gasteiger charge is -2.07. The van der Waals surface area contributed by atoms with Crippen molar-refractivity contribution < 1.29 is 13.9 Å². The van der Waals surface area contributed by atoms with Crippen LogP contribution >= 0.6 is 11.6 Å². The van der Waals surface area contributed by atoms with Gasteiger partial charge in [-0.15, -0.1) is 11.6 Å². The third-order valence-electron chi connectivity index (χ3n) is 2.23. The fourth-order valence-corrected chi connectivity index (χ4v) is 1.44. The van der Waals surface area contributed by atoms with E-state index in [9.17, 15) is 9.18 Å². The molecule has 1 rings (SSSR count). The number of hydrogen-bond donors (Lipinski definition) is 0. The van der Waals surface area contributed by atoms with Crippen LogP contribution in [0.5, 0.6) is 0 Å². The van der Waals surface area contributed by atoms with Crippen molar-refractivity contribution in [3.63, 3.8) is 0 Å². The van der Waals surface area contributed by atoms with E-state index in [1.54, 1.807) is 13.0 Å². The molecule has 0 heterocycles. The molecule has 0 atom stereocenters. The van der Waals surface area contributed by atoms with Crippen molar-refractivity contribution in [2.75, 3.05) is 7.11 Å². The number of rotatable bonds is 3. The van der Waals surface area contributed by atoms with E-state index in [0.29, 0.717) is 16.7 Å². The molecule has 4 heteroatoms. The molecule has 0 saturated heterocycles. The number of ether oxygens (including phenoxy) is 1. The van der Waals surface area contributed by atoms with Crippen LogP contribution in [0.3, 0.4) is 0 Å². The van der Waals surface area contributed by atoms with E-state index in [4.69, 9.17) is 11.6 Å². The minimum atomic E-state index is -0.385. The summed E-state index contributed by atoms with van der Waals surface area (Å²) in [6.45, 7) is 1.63. The molecule has 0 bridgehead atoms. The van der Waals surface area contributed by atoms with Crippen molar-refractivity contribution in [1.82, 2.24) is 0 Å². The van der Waals surface area contributed by atoms with Gasteiger partial charge in [-0.2, -0.15) is 0 Å². The first-order valence-electron chi connectivity index (χ1n) is 4.49.